The Balaban J connectivity index is 2.21. The number of carbonyl (C=O) groups is 1. The summed E-state index contributed by atoms with van der Waals surface area (Å²) < 4.78 is 6.79. The zero-order valence-corrected chi connectivity index (χ0v) is 14.7. The molecule has 0 aliphatic heterocycles. The lowest BCUT2D eigenvalue weighted by atomic mass is 10.1. The smallest absolute Gasteiger partial charge is 0.343 e. The summed E-state index contributed by atoms with van der Waals surface area (Å²) in [6, 6.07) is 10.9. The van der Waals surface area contributed by atoms with Gasteiger partial charge in [-0.2, -0.15) is 0 Å². The fourth-order valence-electron chi connectivity index (χ4n) is 2.67. The van der Waals surface area contributed by atoms with E-state index in [0.29, 0.717) is 22.6 Å². The highest BCUT2D eigenvalue weighted by atomic mass is 35.5. The van der Waals surface area contributed by atoms with Gasteiger partial charge in [-0.3, -0.25) is 4.79 Å². The lowest BCUT2D eigenvalue weighted by Gasteiger charge is -2.13. The van der Waals surface area contributed by atoms with Gasteiger partial charge in [-0.15, -0.1) is 0 Å². The van der Waals surface area contributed by atoms with Crippen LogP contribution in [0, 0.1) is 6.92 Å². The lowest BCUT2D eigenvalue weighted by Crippen LogP contribution is -2.22. The van der Waals surface area contributed by atoms with E-state index in [1.807, 2.05) is 25.1 Å². The van der Waals surface area contributed by atoms with Gasteiger partial charge in [-0.05, 0) is 43.7 Å². The van der Waals surface area contributed by atoms with Crippen molar-refractivity contribution in [2.24, 2.45) is 0 Å². The number of esters is 1. The zero-order valence-electron chi connectivity index (χ0n) is 14.0. The molecule has 2 aromatic heterocycles. The molecule has 1 aromatic carbocycles. The van der Waals surface area contributed by atoms with Gasteiger partial charge in [-0.25, -0.2) is 9.78 Å². The van der Waals surface area contributed by atoms with Crippen LogP contribution in [0.2, 0.25) is 5.02 Å². The van der Waals surface area contributed by atoms with Crippen molar-refractivity contribution < 1.29 is 9.53 Å². The molecule has 2 heterocycles. The van der Waals surface area contributed by atoms with Crippen LogP contribution in [0.5, 0.6) is 0 Å². The fourth-order valence-corrected chi connectivity index (χ4v) is 2.88. The topological polar surface area (TPSA) is 61.2 Å². The van der Waals surface area contributed by atoms with E-state index in [-0.39, 0.29) is 17.6 Å². The minimum absolute atomic E-state index is 0.00188. The van der Waals surface area contributed by atoms with E-state index in [9.17, 15) is 9.59 Å². The van der Waals surface area contributed by atoms with Gasteiger partial charge in [0.05, 0.1) is 12.0 Å². The average Bonchev–Trinajstić information content (AvgIpc) is 2.57. The molecule has 128 valence electrons. The van der Waals surface area contributed by atoms with Gasteiger partial charge in [0, 0.05) is 23.5 Å². The summed E-state index contributed by atoms with van der Waals surface area (Å²) in [5.41, 5.74) is 1.88. The van der Waals surface area contributed by atoms with Crippen LogP contribution in [0.1, 0.15) is 28.5 Å². The number of rotatable bonds is 4. The van der Waals surface area contributed by atoms with Crippen molar-refractivity contribution in [2.45, 2.75) is 20.4 Å². The zero-order chi connectivity index (χ0) is 18.0. The van der Waals surface area contributed by atoms with Gasteiger partial charge in [0.25, 0.3) is 0 Å². The maximum absolute atomic E-state index is 12.6. The van der Waals surface area contributed by atoms with Gasteiger partial charge in [0.15, 0.2) is 0 Å². The maximum atomic E-state index is 12.6. The minimum Gasteiger partial charge on any atom is -0.462 e. The molecular weight excluding hydrogens is 340 g/mol. The van der Waals surface area contributed by atoms with Gasteiger partial charge in [0.2, 0.25) is 5.43 Å². The van der Waals surface area contributed by atoms with Crippen LogP contribution in [0.25, 0.3) is 11.0 Å². The molecule has 25 heavy (non-hydrogen) atoms. The first kappa shape index (κ1) is 17.2. The van der Waals surface area contributed by atoms with Crippen LogP contribution in [-0.2, 0) is 11.3 Å². The molecule has 3 rings (SSSR count). The quantitative estimate of drug-likeness (QED) is 0.670. The Kier molecular flexibility index (Phi) is 4.86. The Morgan fingerprint density at radius 1 is 1.28 bits per heavy atom. The van der Waals surface area contributed by atoms with Gasteiger partial charge in [0.1, 0.15) is 11.2 Å². The number of halogens is 1. The Hall–Kier alpha value is -2.66. The first-order valence-electron chi connectivity index (χ1n) is 7.92. The third-order valence-corrected chi connectivity index (χ3v) is 4.03. The van der Waals surface area contributed by atoms with E-state index in [0.717, 1.165) is 11.3 Å². The predicted octanol–water partition coefficient (Wildman–Crippen LogP) is 3.58. The summed E-state index contributed by atoms with van der Waals surface area (Å²) in [5, 5.41) is 1.01. The molecule has 0 radical (unpaired) electrons. The van der Waals surface area contributed by atoms with Crippen molar-refractivity contribution in [1.82, 2.24) is 9.55 Å². The first-order valence-corrected chi connectivity index (χ1v) is 8.29. The van der Waals surface area contributed by atoms with Crippen LogP contribution < -0.4 is 5.43 Å². The highest BCUT2D eigenvalue weighted by molar-refractivity contribution is 6.30. The molecular formula is C19H17ClN2O3. The van der Waals surface area contributed by atoms with Crippen molar-refractivity contribution >= 4 is 28.6 Å². The van der Waals surface area contributed by atoms with E-state index in [1.165, 1.54) is 6.20 Å². The Bertz CT molecular complexity index is 1010. The molecule has 0 N–H and O–H groups in total. The number of aryl methyl sites for hydroxylation is 1. The predicted molar refractivity (Wildman–Crippen MR) is 97.3 cm³/mol. The molecule has 0 bridgehead atoms. The van der Waals surface area contributed by atoms with Gasteiger partial charge >= 0.3 is 5.97 Å². The van der Waals surface area contributed by atoms with Crippen LogP contribution in [0.3, 0.4) is 0 Å². The number of benzene rings is 1. The second kappa shape index (κ2) is 7.07. The van der Waals surface area contributed by atoms with Crippen LogP contribution in [-0.4, -0.2) is 22.1 Å². The number of pyridine rings is 2. The van der Waals surface area contributed by atoms with Crippen LogP contribution >= 0.6 is 11.6 Å². The van der Waals surface area contributed by atoms with Gasteiger partial charge < -0.3 is 9.30 Å². The molecule has 0 amide bonds. The largest absolute Gasteiger partial charge is 0.462 e. The van der Waals surface area contributed by atoms with E-state index in [1.54, 1.807) is 29.7 Å². The summed E-state index contributed by atoms with van der Waals surface area (Å²) in [4.78, 5) is 29.3. The second-order valence-electron chi connectivity index (χ2n) is 5.67. The van der Waals surface area contributed by atoms with Crippen molar-refractivity contribution in [3.63, 3.8) is 0 Å². The summed E-state index contributed by atoms with van der Waals surface area (Å²) in [6.07, 6.45) is 1.51. The highest BCUT2D eigenvalue weighted by Gasteiger charge is 2.17. The molecule has 0 spiro atoms. The fraction of sp³-hybridized carbons (Fsp3) is 0.211. The molecule has 6 heteroatoms. The van der Waals surface area contributed by atoms with E-state index in [4.69, 9.17) is 16.3 Å². The standard InChI is InChI=1S/C19H17ClN2O3/c1-3-25-19(24)16-11-22(10-13-5-4-6-14(20)9-13)18-15(17(16)23)8-7-12(2)21-18/h4-9,11H,3,10H2,1-2H3. The Labute approximate surface area is 149 Å². The third-order valence-electron chi connectivity index (χ3n) is 3.80. The van der Waals surface area contributed by atoms with Crippen LogP contribution in [0.15, 0.2) is 47.4 Å². The molecule has 0 saturated heterocycles. The SMILES string of the molecule is CCOC(=O)c1cn(Cc2cccc(Cl)c2)c2nc(C)ccc2c1=O. The molecule has 0 aliphatic carbocycles. The van der Waals surface area contributed by atoms with Crippen molar-refractivity contribution in [2.75, 3.05) is 6.61 Å². The third kappa shape index (κ3) is 3.56. The molecule has 0 fully saturated rings. The Morgan fingerprint density at radius 3 is 2.80 bits per heavy atom. The minimum atomic E-state index is -0.630. The van der Waals surface area contributed by atoms with Crippen molar-refractivity contribution in [1.29, 1.82) is 0 Å². The molecule has 0 aliphatic rings. The first-order chi connectivity index (χ1) is 12.0. The van der Waals surface area contributed by atoms with E-state index in [2.05, 4.69) is 4.98 Å². The summed E-state index contributed by atoms with van der Waals surface area (Å²) >= 11 is 6.05. The summed E-state index contributed by atoms with van der Waals surface area (Å²) in [5.74, 6) is -0.630. The maximum Gasteiger partial charge on any atom is 0.343 e. The monoisotopic (exact) mass is 356 g/mol. The molecule has 0 atom stereocenters. The van der Waals surface area contributed by atoms with Gasteiger partial charge in [-0.1, -0.05) is 23.7 Å². The number of hydrogen-bond donors (Lipinski definition) is 0. The number of carbonyl (C=O) groups excluding carboxylic acids is 1. The van der Waals surface area contributed by atoms with Crippen molar-refractivity contribution in [3.8, 4) is 0 Å². The van der Waals surface area contributed by atoms with E-state index >= 15 is 0 Å². The summed E-state index contributed by atoms with van der Waals surface area (Å²) in [6.45, 7) is 4.19. The number of nitrogens with zero attached hydrogens (tertiary/aromatic N) is 2. The van der Waals surface area contributed by atoms with E-state index < -0.39 is 5.97 Å². The van der Waals surface area contributed by atoms with Crippen molar-refractivity contribution in [3.05, 3.63) is 74.7 Å². The molecule has 0 unspecified atom stereocenters. The average molecular weight is 357 g/mol. The number of ether oxygens (including phenoxy) is 1. The normalized spacial score (nSPS) is 10.8. The van der Waals surface area contributed by atoms with Crippen LogP contribution in [0.4, 0.5) is 0 Å². The number of hydrogen-bond acceptors (Lipinski definition) is 4. The lowest BCUT2D eigenvalue weighted by molar-refractivity contribution is 0.0524. The molecule has 5 nitrogen and oxygen atoms in total. The molecule has 3 aromatic rings. The number of fused-ring (bicyclic) bond motifs is 1. The highest BCUT2D eigenvalue weighted by Crippen LogP contribution is 2.16. The molecule has 0 saturated carbocycles. The number of aromatic nitrogens is 2. The summed E-state index contributed by atoms with van der Waals surface area (Å²) in [7, 11) is 0. The Morgan fingerprint density at radius 2 is 2.08 bits per heavy atom. The second-order valence-corrected chi connectivity index (χ2v) is 6.11.